The van der Waals surface area contributed by atoms with Crippen LogP contribution in [0, 0.1) is 0 Å². The van der Waals surface area contributed by atoms with Gasteiger partial charge in [-0.3, -0.25) is 4.79 Å². The quantitative estimate of drug-likeness (QED) is 0.402. The molecule has 0 N–H and O–H groups in total. The standard InChI is InChI=1S/C18H12Cl2N2OS2/c1-2-22-15-11(19)7-5-9-13(15)25-18(22)21-17(23)16-14(20)10-6-3-4-8-12(10)24-16/h3-9H,2H2,1H3. The molecule has 2 heterocycles. The van der Waals surface area contributed by atoms with Crippen molar-refractivity contribution in [3.63, 3.8) is 0 Å². The Labute approximate surface area is 161 Å². The van der Waals surface area contributed by atoms with Crippen LogP contribution in [0.1, 0.15) is 16.6 Å². The first-order chi connectivity index (χ1) is 12.1. The second-order valence-corrected chi connectivity index (χ2v) is 8.22. The molecule has 2 aromatic heterocycles. The average molecular weight is 407 g/mol. The summed E-state index contributed by atoms with van der Waals surface area (Å²) in [6, 6.07) is 13.4. The fourth-order valence-electron chi connectivity index (χ4n) is 2.75. The maximum atomic E-state index is 12.8. The molecule has 0 saturated carbocycles. The van der Waals surface area contributed by atoms with E-state index < -0.39 is 0 Å². The lowest BCUT2D eigenvalue weighted by molar-refractivity contribution is 0.100. The number of hydrogen-bond acceptors (Lipinski definition) is 3. The third kappa shape index (κ3) is 2.81. The van der Waals surface area contributed by atoms with Gasteiger partial charge in [0.2, 0.25) is 0 Å². The molecule has 126 valence electrons. The number of benzene rings is 2. The van der Waals surface area contributed by atoms with Gasteiger partial charge in [-0.1, -0.05) is 58.8 Å². The predicted molar refractivity (Wildman–Crippen MR) is 107 cm³/mol. The summed E-state index contributed by atoms with van der Waals surface area (Å²) in [5.74, 6) is -0.323. The van der Waals surface area contributed by atoms with E-state index in [1.807, 2.05) is 54.0 Å². The fraction of sp³-hybridized carbons (Fsp3) is 0.111. The van der Waals surface area contributed by atoms with Crippen LogP contribution in [0.3, 0.4) is 0 Å². The number of nitrogens with zero attached hydrogens (tertiary/aromatic N) is 2. The summed E-state index contributed by atoms with van der Waals surface area (Å²) in [5, 5.41) is 2.01. The van der Waals surface area contributed by atoms with Gasteiger partial charge in [-0.05, 0) is 25.1 Å². The fourth-order valence-corrected chi connectivity index (χ4v) is 5.60. The van der Waals surface area contributed by atoms with E-state index in [0.717, 1.165) is 20.3 Å². The lowest BCUT2D eigenvalue weighted by atomic mass is 10.2. The molecule has 0 radical (unpaired) electrons. The van der Waals surface area contributed by atoms with Crippen molar-refractivity contribution in [3.05, 3.63) is 62.2 Å². The highest BCUT2D eigenvalue weighted by molar-refractivity contribution is 7.21. The number of aryl methyl sites for hydroxylation is 1. The van der Waals surface area contributed by atoms with Crippen molar-refractivity contribution in [2.75, 3.05) is 0 Å². The first-order valence-electron chi connectivity index (χ1n) is 7.64. The lowest BCUT2D eigenvalue weighted by Crippen LogP contribution is -2.15. The van der Waals surface area contributed by atoms with Crippen molar-refractivity contribution >= 4 is 72.1 Å². The van der Waals surface area contributed by atoms with Crippen LogP contribution in [0.25, 0.3) is 20.3 Å². The number of thiophene rings is 1. The van der Waals surface area contributed by atoms with Crippen molar-refractivity contribution in [3.8, 4) is 0 Å². The van der Waals surface area contributed by atoms with Gasteiger partial charge in [0.1, 0.15) is 4.88 Å². The molecule has 7 heteroatoms. The maximum absolute atomic E-state index is 12.8. The molecule has 0 bridgehead atoms. The molecule has 3 nitrogen and oxygen atoms in total. The van der Waals surface area contributed by atoms with Gasteiger partial charge in [0, 0.05) is 16.6 Å². The first-order valence-corrected chi connectivity index (χ1v) is 10.0. The Morgan fingerprint density at radius 2 is 1.84 bits per heavy atom. The van der Waals surface area contributed by atoms with E-state index in [4.69, 9.17) is 23.2 Å². The number of para-hydroxylation sites is 1. The highest BCUT2D eigenvalue weighted by Gasteiger charge is 2.17. The summed E-state index contributed by atoms with van der Waals surface area (Å²) in [6.07, 6.45) is 0. The Kier molecular flexibility index (Phi) is 4.41. The normalized spacial score (nSPS) is 12.4. The Morgan fingerprint density at radius 3 is 2.60 bits per heavy atom. The molecule has 0 aliphatic carbocycles. The Balaban J connectivity index is 1.90. The van der Waals surface area contributed by atoms with E-state index in [2.05, 4.69) is 4.99 Å². The van der Waals surface area contributed by atoms with Crippen molar-refractivity contribution in [2.24, 2.45) is 4.99 Å². The van der Waals surface area contributed by atoms with Gasteiger partial charge in [0.15, 0.2) is 4.80 Å². The largest absolute Gasteiger partial charge is 0.315 e. The molecule has 0 aliphatic rings. The number of fused-ring (bicyclic) bond motifs is 2. The molecular weight excluding hydrogens is 395 g/mol. The van der Waals surface area contributed by atoms with Crippen LogP contribution >= 0.6 is 45.9 Å². The minimum absolute atomic E-state index is 0.323. The lowest BCUT2D eigenvalue weighted by Gasteiger charge is -2.01. The smallest absolute Gasteiger partial charge is 0.291 e. The monoisotopic (exact) mass is 406 g/mol. The Bertz CT molecular complexity index is 1190. The minimum atomic E-state index is -0.323. The molecule has 2 aromatic carbocycles. The number of amides is 1. The van der Waals surface area contributed by atoms with Crippen LogP contribution in [-0.2, 0) is 6.54 Å². The predicted octanol–water partition coefficient (Wildman–Crippen LogP) is 5.99. The first kappa shape index (κ1) is 16.8. The number of aromatic nitrogens is 1. The molecule has 0 aliphatic heterocycles. The number of carbonyl (C=O) groups is 1. The Morgan fingerprint density at radius 1 is 1.08 bits per heavy atom. The van der Waals surface area contributed by atoms with Crippen molar-refractivity contribution < 1.29 is 4.79 Å². The molecule has 4 aromatic rings. The van der Waals surface area contributed by atoms with Crippen molar-refractivity contribution in [1.29, 1.82) is 0 Å². The van der Waals surface area contributed by atoms with Crippen LogP contribution < -0.4 is 4.80 Å². The van der Waals surface area contributed by atoms with E-state index in [1.165, 1.54) is 22.7 Å². The summed E-state index contributed by atoms with van der Waals surface area (Å²) >= 11 is 15.5. The summed E-state index contributed by atoms with van der Waals surface area (Å²) in [7, 11) is 0. The second-order valence-electron chi connectivity index (χ2n) is 5.37. The SMILES string of the molecule is CCn1c(=NC(=O)c2sc3ccccc3c2Cl)sc2cccc(Cl)c21. The van der Waals surface area contributed by atoms with E-state index in [1.54, 1.807) is 0 Å². The maximum Gasteiger partial charge on any atom is 0.291 e. The van der Waals surface area contributed by atoms with Gasteiger partial charge in [0.05, 0.1) is 20.3 Å². The van der Waals surface area contributed by atoms with E-state index in [9.17, 15) is 4.79 Å². The molecule has 25 heavy (non-hydrogen) atoms. The van der Waals surface area contributed by atoms with E-state index >= 15 is 0 Å². The Hall–Kier alpha value is -1.66. The van der Waals surface area contributed by atoms with E-state index in [0.29, 0.717) is 26.3 Å². The number of halogens is 2. The van der Waals surface area contributed by atoms with Crippen LogP contribution in [-0.4, -0.2) is 10.5 Å². The van der Waals surface area contributed by atoms with Gasteiger partial charge in [-0.15, -0.1) is 11.3 Å². The van der Waals surface area contributed by atoms with Crippen LogP contribution in [0.2, 0.25) is 10.0 Å². The summed E-state index contributed by atoms with van der Waals surface area (Å²) in [4.78, 5) is 18.2. The van der Waals surface area contributed by atoms with Gasteiger partial charge >= 0.3 is 0 Å². The zero-order valence-corrected chi connectivity index (χ0v) is 16.3. The average Bonchev–Trinajstić information content (AvgIpc) is 3.13. The molecule has 0 spiro atoms. The highest BCUT2D eigenvalue weighted by atomic mass is 35.5. The number of carbonyl (C=O) groups excluding carboxylic acids is 1. The van der Waals surface area contributed by atoms with Crippen LogP contribution in [0.15, 0.2) is 47.5 Å². The topological polar surface area (TPSA) is 34.4 Å². The van der Waals surface area contributed by atoms with Gasteiger partial charge in [-0.25, -0.2) is 0 Å². The highest BCUT2D eigenvalue weighted by Crippen LogP contribution is 2.35. The van der Waals surface area contributed by atoms with Crippen molar-refractivity contribution in [2.45, 2.75) is 13.5 Å². The molecule has 0 fully saturated rings. The summed E-state index contributed by atoms with van der Waals surface area (Å²) in [6.45, 7) is 2.68. The van der Waals surface area contributed by atoms with Crippen molar-refractivity contribution in [1.82, 2.24) is 4.57 Å². The van der Waals surface area contributed by atoms with Gasteiger partial charge in [-0.2, -0.15) is 4.99 Å². The molecule has 1 amide bonds. The molecule has 4 rings (SSSR count). The summed E-state index contributed by atoms with van der Waals surface area (Å²) in [5.41, 5.74) is 0.908. The third-order valence-corrected chi connectivity index (χ3v) is 6.91. The van der Waals surface area contributed by atoms with Crippen LogP contribution in [0.4, 0.5) is 0 Å². The molecule has 0 saturated heterocycles. The van der Waals surface area contributed by atoms with Gasteiger partial charge in [0.25, 0.3) is 5.91 Å². The number of thiazole rings is 1. The zero-order chi connectivity index (χ0) is 17.6. The summed E-state index contributed by atoms with van der Waals surface area (Å²) < 4.78 is 3.94. The van der Waals surface area contributed by atoms with Gasteiger partial charge < -0.3 is 4.57 Å². The number of rotatable bonds is 2. The number of hydrogen-bond donors (Lipinski definition) is 0. The molecule has 0 unspecified atom stereocenters. The molecular formula is C18H12Cl2N2OS2. The second kappa shape index (κ2) is 6.57. The third-order valence-electron chi connectivity index (χ3n) is 3.89. The zero-order valence-electron chi connectivity index (χ0n) is 13.1. The molecule has 0 atom stereocenters. The minimum Gasteiger partial charge on any atom is -0.315 e. The van der Waals surface area contributed by atoms with Crippen LogP contribution in [0.5, 0.6) is 0 Å². The van der Waals surface area contributed by atoms with E-state index in [-0.39, 0.29) is 5.91 Å².